The fourth-order valence-corrected chi connectivity index (χ4v) is 2.79. The van der Waals surface area contributed by atoms with Crippen molar-refractivity contribution in [3.63, 3.8) is 0 Å². The van der Waals surface area contributed by atoms with Crippen LogP contribution in [0.1, 0.15) is 52.9 Å². The molecule has 126 valence electrons. The number of hydrogen-bond acceptors (Lipinski definition) is 2. The molecule has 0 bridgehead atoms. The van der Waals surface area contributed by atoms with E-state index >= 15 is 0 Å². The van der Waals surface area contributed by atoms with Crippen LogP contribution in [0.3, 0.4) is 0 Å². The van der Waals surface area contributed by atoms with Gasteiger partial charge in [0, 0.05) is 26.2 Å². The summed E-state index contributed by atoms with van der Waals surface area (Å²) in [6.45, 7) is 11.4. The first-order valence-electron chi connectivity index (χ1n) is 8.36. The third-order valence-corrected chi connectivity index (χ3v) is 4.11. The molecule has 0 saturated carbocycles. The van der Waals surface area contributed by atoms with Crippen molar-refractivity contribution in [1.82, 2.24) is 15.5 Å². The number of guanidine groups is 1. The maximum atomic E-state index is 4.31. The first-order valence-corrected chi connectivity index (χ1v) is 8.36. The van der Waals surface area contributed by atoms with Crippen LogP contribution in [-0.4, -0.2) is 50.1 Å². The molecule has 0 spiro atoms. The van der Waals surface area contributed by atoms with Gasteiger partial charge in [-0.3, -0.25) is 9.89 Å². The molecule has 0 aromatic rings. The smallest absolute Gasteiger partial charge is 0.191 e. The van der Waals surface area contributed by atoms with Crippen LogP contribution < -0.4 is 10.6 Å². The molecule has 0 aromatic carbocycles. The highest BCUT2D eigenvalue weighted by atomic mass is 127. The fourth-order valence-electron chi connectivity index (χ4n) is 2.79. The number of hydrogen-bond donors (Lipinski definition) is 2. The molecule has 1 unspecified atom stereocenters. The lowest BCUT2D eigenvalue weighted by atomic mass is 10.1. The first-order chi connectivity index (χ1) is 9.67. The number of halogens is 1. The van der Waals surface area contributed by atoms with E-state index < -0.39 is 0 Å². The number of rotatable bonds is 8. The number of nitrogens with zero attached hydrogens (tertiary/aromatic N) is 2. The zero-order chi connectivity index (χ0) is 14.8. The molecule has 1 heterocycles. The van der Waals surface area contributed by atoms with Gasteiger partial charge in [0.2, 0.25) is 0 Å². The Hall–Kier alpha value is -0.0400. The minimum Gasteiger partial charge on any atom is -0.356 e. The summed E-state index contributed by atoms with van der Waals surface area (Å²) >= 11 is 0. The second-order valence-electron chi connectivity index (χ2n) is 6.22. The summed E-state index contributed by atoms with van der Waals surface area (Å²) < 4.78 is 0. The van der Waals surface area contributed by atoms with Crippen LogP contribution in [0.15, 0.2) is 4.99 Å². The van der Waals surface area contributed by atoms with E-state index in [0.29, 0.717) is 6.04 Å². The summed E-state index contributed by atoms with van der Waals surface area (Å²) in [5.41, 5.74) is 0. The maximum absolute atomic E-state index is 4.31. The van der Waals surface area contributed by atoms with Gasteiger partial charge in [-0.15, -0.1) is 24.0 Å². The van der Waals surface area contributed by atoms with Gasteiger partial charge in [-0.05, 0) is 51.1 Å². The van der Waals surface area contributed by atoms with Crippen LogP contribution in [0.4, 0.5) is 0 Å². The maximum Gasteiger partial charge on any atom is 0.191 e. The van der Waals surface area contributed by atoms with Crippen LogP contribution in [0, 0.1) is 5.92 Å². The summed E-state index contributed by atoms with van der Waals surface area (Å²) in [6, 6.07) is 0.645. The standard InChI is InChI=1S/C16H34N4.HI/c1-5-15(20-11-6-7-12-20)13-19-16(17-4)18-10-8-9-14(2)3;/h14-15H,5-13H2,1-4H3,(H2,17,18,19);1H. The summed E-state index contributed by atoms with van der Waals surface area (Å²) in [6.07, 6.45) is 6.41. The molecule has 0 amide bonds. The number of likely N-dealkylation sites (tertiary alicyclic amines) is 1. The number of aliphatic imine (C=N–C) groups is 1. The molecule has 0 aromatic heterocycles. The lowest BCUT2D eigenvalue weighted by Crippen LogP contribution is -2.46. The van der Waals surface area contributed by atoms with Crippen LogP contribution in [0.2, 0.25) is 0 Å². The lowest BCUT2D eigenvalue weighted by molar-refractivity contribution is 0.236. The van der Waals surface area contributed by atoms with Crippen molar-refractivity contribution < 1.29 is 0 Å². The summed E-state index contributed by atoms with van der Waals surface area (Å²) in [5, 5.41) is 6.90. The van der Waals surface area contributed by atoms with Crippen molar-refractivity contribution in [3.05, 3.63) is 0 Å². The van der Waals surface area contributed by atoms with E-state index in [1.54, 1.807) is 0 Å². The Labute approximate surface area is 148 Å². The predicted octanol–water partition coefficient (Wildman–Crippen LogP) is 3.08. The molecular formula is C16H35IN4. The Bertz CT molecular complexity index is 275. The Morgan fingerprint density at radius 3 is 2.38 bits per heavy atom. The van der Waals surface area contributed by atoms with E-state index in [2.05, 4.69) is 41.3 Å². The molecular weight excluding hydrogens is 375 g/mol. The van der Waals surface area contributed by atoms with E-state index in [-0.39, 0.29) is 24.0 Å². The van der Waals surface area contributed by atoms with Gasteiger partial charge in [0.1, 0.15) is 0 Å². The molecule has 0 radical (unpaired) electrons. The molecule has 21 heavy (non-hydrogen) atoms. The van der Waals surface area contributed by atoms with Gasteiger partial charge in [-0.1, -0.05) is 20.8 Å². The monoisotopic (exact) mass is 410 g/mol. The fraction of sp³-hybridized carbons (Fsp3) is 0.938. The topological polar surface area (TPSA) is 39.7 Å². The van der Waals surface area contributed by atoms with Gasteiger partial charge >= 0.3 is 0 Å². The van der Waals surface area contributed by atoms with Crippen molar-refractivity contribution in [2.45, 2.75) is 58.9 Å². The van der Waals surface area contributed by atoms with Crippen molar-refractivity contribution in [3.8, 4) is 0 Å². The van der Waals surface area contributed by atoms with Crippen LogP contribution in [0.25, 0.3) is 0 Å². The minimum absolute atomic E-state index is 0. The third kappa shape index (κ3) is 8.86. The predicted molar refractivity (Wildman–Crippen MR) is 104 cm³/mol. The van der Waals surface area contributed by atoms with Gasteiger partial charge in [-0.25, -0.2) is 0 Å². The van der Waals surface area contributed by atoms with Crippen LogP contribution >= 0.6 is 24.0 Å². The third-order valence-electron chi connectivity index (χ3n) is 4.11. The van der Waals surface area contributed by atoms with E-state index in [1.807, 2.05) is 7.05 Å². The summed E-state index contributed by atoms with van der Waals surface area (Å²) in [7, 11) is 1.86. The zero-order valence-electron chi connectivity index (χ0n) is 14.3. The Balaban J connectivity index is 0.00000400. The summed E-state index contributed by atoms with van der Waals surface area (Å²) in [4.78, 5) is 6.92. The molecule has 1 atom stereocenters. The van der Waals surface area contributed by atoms with E-state index in [1.165, 1.54) is 45.2 Å². The van der Waals surface area contributed by atoms with Crippen molar-refractivity contribution >= 4 is 29.9 Å². The van der Waals surface area contributed by atoms with Crippen molar-refractivity contribution in [1.29, 1.82) is 0 Å². The second kappa shape index (κ2) is 12.5. The largest absolute Gasteiger partial charge is 0.356 e. The zero-order valence-corrected chi connectivity index (χ0v) is 16.7. The molecule has 2 N–H and O–H groups in total. The highest BCUT2D eigenvalue weighted by molar-refractivity contribution is 14.0. The van der Waals surface area contributed by atoms with Gasteiger partial charge in [0.25, 0.3) is 0 Å². The number of nitrogens with one attached hydrogen (secondary N) is 2. The highest BCUT2D eigenvalue weighted by Crippen LogP contribution is 2.13. The van der Waals surface area contributed by atoms with E-state index in [9.17, 15) is 0 Å². The quantitative estimate of drug-likeness (QED) is 0.280. The van der Waals surface area contributed by atoms with Gasteiger partial charge < -0.3 is 10.6 Å². The van der Waals surface area contributed by atoms with Crippen LogP contribution in [0.5, 0.6) is 0 Å². The molecule has 1 saturated heterocycles. The summed E-state index contributed by atoms with van der Waals surface area (Å²) in [5.74, 6) is 1.73. The Morgan fingerprint density at radius 1 is 1.19 bits per heavy atom. The molecule has 4 nitrogen and oxygen atoms in total. The highest BCUT2D eigenvalue weighted by Gasteiger charge is 2.20. The average molecular weight is 410 g/mol. The van der Waals surface area contributed by atoms with Crippen molar-refractivity contribution in [2.24, 2.45) is 10.9 Å². The normalized spacial score (nSPS) is 17.7. The lowest BCUT2D eigenvalue weighted by Gasteiger charge is -2.27. The first kappa shape index (κ1) is 21.0. The SMILES string of the molecule is CCC(CNC(=NC)NCCCC(C)C)N1CCCC1.I. The molecule has 1 aliphatic rings. The average Bonchev–Trinajstić information content (AvgIpc) is 2.95. The second-order valence-corrected chi connectivity index (χ2v) is 6.22. The molecule has 1 rings (SSSR count). The molecule has 1 aliphatic heterocycles. The van der Waals surface area contributed by atoms with Gasteiger partial charge in [0.15, 0.2) is 5.96 Å². The Kier molecular flexibility index (Phi) is 12.5. The molecule has 5 heteroatoms. The minimum atomic E-state index is 0. The molecule has 0 aliphatic carbocycles. The van der Waals surface area contributed by atoms with Gasteiger partial charge in [-0.2, -0.15) is 0 Å². The Morgan fingerprint density at radius 2 is 1.86 bits per heavy atom. The van der Waals surface area contributed by atoms with Crippen molar-refractivity contribution in [2.75, 3.05) is 33.2 Å². The van der Waals surface area contributed by atoms with Gasteiger partial charge in [0.05, 0.1) is 0 Å². The van der Waals surface area contributed by atoms with E-state index in [4.69, 9.17) is 0 Å². The van der Waals surface area contributed by atoms with Crippen LogP contribution in [-0.2, 0) is 0 Å². The molecule has 1 fully saturated rings. The van der Waals surface area contributed by atoms with E-state index in [0.717, 1.165) is 25.0 Å².